The Morgan fingerprint density at radius 2 is 1.00 bits per heavy atom. The van der Waals surface area contributed by atoms with Gasteiger partial charge in [-0.1, -0.05) is 26.7 Å². The molecule has 0 aliphatic heterocycles. The van der Waals surface area contributed by atoms with Crippen LogP contribution in [-0.2, 0) is 0 Å². The van der Waals surface area contributed by atoms with E-state index in [-0.39, 0.29) is 0 Å². The molecule has 0 aliphatic rings. The molecule has 0 spiro atoms. The van der Waals surface area contributed by atoms with E-state index in [0.29, 0.717) is 0 Å². The molecule has 0 atom stereocenters. The Kier molecular flexibility index (Phi) is 8.74. The Bertz CT molecular complexity index is 122. The smallest absolute Gasteiger partial charge is 0.106 e. The average Bonchev–Trinajstić information content (AvgIpc) is 1.86. The summed E-state index contributed by atoms with van der Waals surface area (Å²) in [4.78, 5) is 0. The summed E-state index contributed by atoms with van der Waals surface area (Å²) in [6.07, 6.45) is 2.76. The minimum Gasteiger partial charge on any atom is -0.106 e. The zero-order valence-corrected chi connectivity index (χ0v) is 18.0. The first kappa shape index (κ1) is 15.4. The van der Waals surface area contributed by atoms with Crippen molar-refractivity contribution in [1.29, 1.82) is 0 Å². The minimum atomic E-state index is -0.900. The highest BCUT2D eigenvalue weighted by Gasteiger charge is 2.48. The van der Waals surface area contributed by atoms with E-state index in [2.05, 4.69) is 101 Å². The fourth-order valence-corrected chi connectivity index (χ4v) is 22.9. The average molecular weight is 650 g/mol. The van der Waals surface area contributed by atoms with Crippen LogP contribution < -0.4 is 0 Å². The van der Waals surface area contributed by atoms with Gasteiger partial charge in [-0.3, -0.25) is 0 Å². The van der Waals surface area contributed by atoms with E-state index in [9.17, 15) is 0 Å². The van der Waals surface area contributed by atoms with Gasteiger partial charge in [-0.05, 0) is 12.1 Å². The van der Waals surface area contributed by atoms with Gasteiger partial charge in [0.05, 0.1) is 0 Å². The molecule has 0 aromatic rings. The van der Waals surface area contributed by atoms with Crippen LogP contribution in [0.4, 0.5) is 0 Å². The lowest BCUT2D eigenvalue weighted by atomic mass is 10.6. The molecule has 0 amide bonds. The van der Waals surface area contributed by atoms with E-state index < -0.39 is 5.17 Å². The van der Waals surface area contributed by atoms with Crippen LogP contribution in [0.2, 0.25) is 12.1 Å². The summed E-state index contributed by atoms with van der Waals surface area (Å²) in [7, 11) is 0. The summed E-state index contributed by atoms with van der Waals surface area (Å²) in [5.41, 5.74) is 0. The summed E-state index contributed by atoms with van der Waals surface area (Å²) < 4.78 is -1.80. The lowest BCUT2D eigenvalue weighted by molar-refractivity contribution is 1.07. The number of hydrogen-bond donors (Lipinski definition) is 0. The minimum absolute atomic E-state index is 0.900. The molecule has 0 heterocycles. The fraction of sp³-hybridized carbons (Fsp3) is 1.00. The molecule has 0 aromatic carbocycles. The Hall–Kier alpha value is 3.35. The lowest BCUT2D eigenvalue weighted by Crippen LogP contribution is -2.44. The van der Waals surface area contributed by atoms with Crippen LogP contribution in [0.1, 0.15) is 26.7 Å². The summed E-state index contributed by atoms with van der Waals surface area (Å²) in [6.45, 7) is 4.64. The van der Waals surface area contributed by atoms with Gasteiger partial charge in [0.25, 0.3) is 0 Å². The van der Waals surface area contributed by atoms with Crippen LogP contribution in [-0.4, -0.2) is 5.17 Å². The first-order chi connectivity index (χ1) is 5.37. The fourth-order valence-electron chi connectivity index (χ4n) is 0.994. The van der Waals surface area contributed by atoms with Crippen molar-refractivity contribution in [2.45, 2.75) is 38.8 Å². The number of hydrogen-bond acceptors (Lipinski definition) is 0. The van der Waals surface area contributed by atoms with Crippen LogP contribution in [0.25, 0.3) is 0 Å². The third-order valence-electron chi connectivity index (χ3n) is 1.66. The highest BCUT2D eigenvalue weighted by atomic mass is 127. The molecule has 0 saturated carbocycles. The largest absolute Gasteiger partial charge is 0.205 e. The van der Waals surface area contributed by atoms with E-state index in [1.54, 1.807) is 0 Å². The van der Waals surface area contributed by atoms with Gasteiger partial charge >= 0.3 is 0 Å². The van der Waals surface area contributed by atoms with Crippen LogP contribution in [0.15, 0.2) is 0 Å². The Morgan fingerprint density at radius 3 is 1.17 bits per heavy atom. The van der Waals surface area contributed by atoms with Gasteiger partial charge in [-0.2, -0.15) is 0 Å². The van der Waals surface area contributed by atoms with Crippen molar-refractivity contribution in [3.63, 3.8) is 0 Å². The quantitative estimate of drug-likeness (QED) is 0.210. The molecule has 0 aromatic heterocycles. The molecule has 0 rings (SSSR count). The second kappa shape index (κ2) is 6.83. The van der Waals surface area contributed by atoms with Crippen LogP contribution in [0, 0.1) is 0 Å². The first-order valence-corrected chi connectivity index (χ1v) is 22.0. The highest BCUT2D eigenvalue weighted by Crippen LogP contribution is 2.47. The Balaban J connectivity index is 4.28. The molecule has 0 nitrogen and oxygen atoms in total. The van der Waals surface area contributed by atoms with Crippen molar-refractivity contribution >= 4 is 92.4 Å². The monoisotopic (exact) mass is 650 g/mol. The van der Waals surface area contributed by atoms with Crippen LogP contribution in [0.3, 0.4) is 0 Å². The normalized spacial score (nSPS) is 13.5. The van der Waals surface area contributed by atoms with E-state index in [1.165, 1.54) is 24.9 Å². The molecular weight excluding hydrogens is 636 g/mol. The second-order valence-electron chi connectivity index (χ2n) is 2.91. The molecular formula is C6H14I4Si2. The summed E-state index contributed by atoms with van der Waals surface area (Å²) in [6, 6.07) is 3.01. The van der Waals surface area contributed by atoms with Crippen molar-refractivity contribution in [3.05, 3.63) is 0 Å². The molecule has 0 radical (unpaired) electrons. The van der Waals surface area contributed by atoms with Crippen LogP contribution in [0.5, 0.6) is 0 Å². The van der Waals surface area contributed by atoms with Crippen LogP contribution >= 0.6 is 87.2 Å². The van der Waals surface area contributed by atoms with Crippen molar-refractivity contribution in [2.75, 3.05) is 0 Å². The maximum absolute atomic E-state index is 2.81. The number of rotatable bonds is 5. The van der Waals surface area contributed by atoms with Crippen molar-refractivity contribution < 1.29 is 0 Å². The Morgan fingerprint density at radius 1 is 0.750 bits per heavy atom. The maximum atomic E-state index is 2.81. The van der Waals surface area contributed by atoms with E-state index in [0.717, 1.165) is 0 Å². The SMILES string of the molecule is CCC[Si](I)(I)[Si](I)(I)CCC. The molecule has 6 heteroatoms. The van der Waals surface area contributed by atoms with Gasteiger partial charge in [-0.25, -0.2) is 0 Å². The highest BCUT2D eigenvalue weighted by molar-refractivity contribution is 14.3. The van der Waals surface area contributed by atoms with Gasteiger partial charge in [0.15, 0.2) is 0 Å². The zero-order chi connectivity index (χ0) is 9.83. The molecule has 0 bridgehead atoms. The lowest BCUT2D eigenvalue weighted by Gasteiger charge is -2.30. The predicted octanol–water partition coefficient (Wildman–Crippen LogP) is 5.51. The molecule has 0 saturated heterocycles. The maximum Gasteiger partial charge on any atom is 0.205 e. The van der Waals surface area contributed by atoms with Gasteiger partial charge < -0.3 is 0 Å². The molecule has 0 unspecified atom stereocenters. The summed E-state index contributed by atoms with van der Waals surface area (Å²) >= 11 is 11.3. The Labute approximate surface area is 128 Å². The molecule has 0 fully saturated rings. The van der Waals surface area contributed by atoms with Crippen molar-refractivity contribution in [2.24, 2.45) is 0 Å². The molecule has 0 aliphatic carbocycles. The van der Waals surface area contributed by atoms with Gasteiger partial charge in [0, 0.05) is 0 Å². The molecule has 12 heavy (non-hydrogen) atoms. The third kappa shape index (κ3) is 4.92. The zero-order valence-electron chi connectivity index (χ0n) is 7.34. The predicted molar refractivity (Wildman–Crippen MR) is 97.8 cm³/mol. The third-order valence-corrected chi connectivity index (χ3v) is 86.5. The topological polar surface area (TPSA) is 0 Å². The molecule has 0 N–H and O–H groups in total. The van der Waals surface area contributed by atoms with Crippen molar-refractivity contribution in [1.82, 2.24) is 0 Å². The standard InChI is InChI=1S/C6H14I4Si2/c1-3-5-11(7,8)12(9,10)6-4-2/h3-6H2,1-2H3. The second-order valence-corrected chi connectivity index (χ2v) is 58.5. The first-order valence-electron chi connectivity index (χ1n) is 4.13. The van der Waals surface area contributed by atoms with E-state index in [1.807, 2.05) is 0 Å². The van der Waals surface area contributed by atoms with Gasteiger partial charge in [-0.15, -0.1) is 87.2 Å². The van der Waals surface area contributed by atoms with E-state index in [4.69, 9.17) is 0 Å². The van der Waals surface area contributed by atoms with Gasteiger partial charge in [0.1, 0.15) is 0 Å². The van der Waals surface area contributed by atoms with Crippen molar-refractivity contribution in [3.8, 4) is 0 Å². The number of halogens is 4. The summed E-state index contributed by atoms with van der Waals surface area (Å²) in [5, 5.41) is 0. The summed E-state index contributed by atoms with van der Waals surface area (Å²) in [5.74, 6) is 0. The molecule has 74 valence electrons. The van der Waals surface area contributed by atoms with E-state index >= 15 is 0 Å². The van der Waals surface area contributed by atoms with Gasteiger partial charge in [0.2, 0.25) is 5.17 Å².